The van der Waals surface area contributed by atoms with Crippen LogP contribution < -0.4 is 5.32 Å². The number of aryl methyl sites for hydroxylation is 1. The van der Waals surface area contributed by atoms with Crippen LogP contribution in [0.2, 0.25) is 0 Å². The van der Waals surface area contributed by atoms with E-state index in [1.54, 1.807) is 23.6 Å². The van der Waals surface area contributed by atoms with Gasteiger partial charge in [-0.25, -0.2) is 0 Å². The number of carbonyl (C=O) groups is 2. The van der Waals surface area contributed by atoms with Crippen molar-refractivity contribution in [2.45, 2.75) is 58.5 Å². The average molecular weight is 413 g/mol. The molecular formula is C24H32N2O2S. The molecule has 2 aromatic rings. The Bertz CT molecular complexity index is 815. The minimum Gasteiger partial charge on any atom is -0.350 e. The van der Waals surface area contributed by atoms with E-state index < -0.39 is 6.04 Å². The van der Waals surface area contributed by atoms with Gasteiger partial charge in [0.25, 0.3) is 0 Å². The molecule has 0 bridgehead atoms. The van der Waals surface area contributed by atoms with Gasteiger partial charge in [-0.2, -0.15) is 0 Å². The molecule has 4 nitrogen and oxygen atoms in total. The van der Waals surface area contributed by atoms with Crippen LogP contribution in [0.25, 0.3) is 0 Å². The van der Waals surface area contributed by atoms with Gasteiger partial charge < -0.3 is 10.2 Å². The molecular weight excluding hydrogens is 380 g/mol. The fraction of sp³-hybridized carbons (Fsp3) is 0.417. The largest absolute Gasteiger partial charge is 0.350 e. The summed E-state index contributed by atoms with van der Waals surface area (Å²) in [6.07, 6.45) is 0. The van der Waals surface area contributed by atoms with Crippen molar-refractivity contribution in [3.8, 4) is 0 Å². The Kier molecular flexibility index (Phi) is 8.32. The Morgan fingerprint density at radius 1 is 1.03 bits per heavy atom. The van der Waals surface area contributed by atoms with E-state index in [0.29, 0.717) is 12.3 Å². The summed E-state index contributed by atoms with van der Waals surface area (Å²) in [7, 11) is 0. The molecule has 0 saturated heterocycles. The summed E-state index contributed by atoms with van der Waals surface area (Å²) in [6, 6.07) is 17.6. The third-order valence-electron chi connectivity index (χ3n) is 4.44. The number of benzene rings is 2. The minimum absolute atomic E-state index is 0.0249. The highest BCUT2D eigenvalue weighted by atomic mass is 32.2. The topological polar surface area (TPSA) is 49.4 Å². The number of nitrogens with one attached hydrogen (secondary N) is 1. The van der Waals surface area contributed by atoms with Gasteiger partial charge in [0.1, 0.15) is 6.04 Å². The molecule has 2 aromatic carbocycles. The van der Waals surface area contributed by atoms with Crippen LogP contribution in [0.1, 0.15) is 44.4 Å². The van der Waals surface area contributed by atoms with Crippen LogP contribution in [0.5, 0.6) is 0 Å². The predicted molar refractivity (Wildman–Crippen MR) is 122 cm³/mol. The van der Waals surface area contributed by atoms with E-state index >= 15 is 0 Å². The second-order valence-electron chi connectivity index (χ2n) is 8.40. The maximum atomic E-state index is 13.0. The molecule has 29 heavy (non-hydrogen) atoms. The highest BCUT2D eigenvalue weighted by molar-refractivity contribution is 7.99. The normalized spacial score (nSPS) is 12.3. The zero-order valence-corrected chi connectivity index (χ0v) is 18.9. The van der Waals surface area contributed by atoms with Crippen molar-refractivity contribution in [1.82, 2.24) is 10.2 Å². The Hall–Kier alpha value is -2.27. The average Bonchev–Trinajstić information content (AvgIpc) is 2.65. The lowest BCUT2D eigenvalue weighted by Crippen LogP contribution is -2.52. The lowest BCUT2D eigenvalue weighted by Gasteiger charge is -2.31. The second-order valence-corrected chi connectivity index (χ2v) is 9.39. The van der Waals surface area contributed by atoms with Crippen molar-refractivity contribution in [2.75, 3.05) is 5.75 Å². The number of carbonyl (C=O) groups excluding carboxylic acids is 2. The third kappa shape index (κ3) is 7.94. The molecule has 0 aromatic heterocycles. The second kappa shape index (κ2) is 10.5. The molecule has 0 radical (unpaired) electrons. The van der Waals surface area contributed by atoms with E-state index in [9.17, 15) is 9.59 Å². The maximum absolute atomic E-state index is 13.0. The Morgan fingerprint density at radius 2 is 1.69 bits per heavy atom. The summed E-state index contributed by atoms with van der Waals surface area (Å²) in [5.74, 6) is 0.955. The molecule has 0 saturated carbocycles. The molecule has 0 aliphatic rings. The number of amides is 2. The number of thioether (sulfide) groups is 1. The molecule has 0 fully saturated rings. The minimum atomic E-state index is -0.540. The zero-order valence-electron chi connectivity index (χ0n) is 18.1. The number of hydrogen-bond acceptors (Lipinski definition) is 3. The van der Waals surface area contributed by atoms with Crippen molar-refractivity contribution in [3.05, 3.63) is 71.3 Å². The predicted octanol–water partition coefficient (Wildman–Crippen LogP) is 4.56. The van der Waals surface area contributed by atoms with Crippen LogP contribution in [0.3, 0.4) is 0 Å². The van der Waals surface area contributed by atoms with Crippen LogP contribution in [-0.4, -0.2) is 34.0 Å². The van der Waals surface area contributed by atoms with Gasteiger partial charge in [0.2, 0.25) is 11.8 Å². The van der Waals surface area contributed by atoms with Crippen molar-refractivity contribution in [1.29, 1.82) is 0 Å². The number of hydrogen-bond donors (Lipinski definition) is 1. The van der Waals surface area contributed by atoms with Gasteiger partial charge in [0.15, 0.2) is 0 Å². The van der Waals surface area contributed by atoms with Crippen molar-refractivity contribution in [3.63, 3.8) is 0 Å². The molecule has 0 aliphatic carbocycles. The van der Waals surface area contributed by atoms with Crippen LogP contribution in [0, 0.1) is 6.92 Å². The lowest BCUT2D eigenvalue weighted by atomic mass is 10.1. The molecule has 2 amide bonds. The SMILES string of the molecule is Cc1cccc(CSCC(=O)N(Cc2ccccc2)C(C)C(=O)NC(C)(C)C)c1. The monoisotopic (exact) mass is 412 g/mol. The molecule has 0 spiro atoms. The zero-order chi connectivity index (χ0) is 21.4. The molecule has 1 N–H and O–H groups in total. The van der Waals surface area contributed by atoms with Crippen LogP contribution in [0.15, 0.2) is 54.6 Å². The summed E-state index contributed by atoms with van der Waals surface area (Å²) in [5.41, 5.74) is 3.09. The van der Waals surface area contributed by atoms with E-state index in [1.165, 1.54) is 11.1 Å². The Morgan fingerprint density at radius 3 is 2.31 bits per heavy atom. The van der Waals surface area contributed by atoms with Crippen LogP contribution >= 0.6 is 11.8 Å². The number of rotatable bonds is 8. The third-order valence-corrected chi connectivity index (χ3v) is 5.43. The van der Waals surface area contributed by atoms with Gasteiger partial charge in [0.05, 0.1) is 5.75 Å². The fourth-order valence-corrected chi connectivity index (χ4v) is 3.84. The van der Waals surface area contributed by atoms with E-state index in [0.717, 1.165) is 11.3 Å². The summed E-state index contributed by atoms with van der Waals surface area (Å²) >= 11 is 1.58. The van der Waals surface area contributed by atoms with Gasteiger partial charge in [0, 0.05) is 17.8 Å². The van der Waals surface area contributed by atoms with Crippen molar-refractivity contribution >= 4 is 23.6 Å². The van der Waals surface area contributed by atoms with Gasteiger partial charge in [-0.3, -0.25) is 9.59 Å². The lowest BCUT2D eigenvalue weighted by molar-refractivity contribution is -0.139. The molecule has 0 heterocycles. The fourth-order valence-electron chi connectivity index (χ4n) is 2.98. The van der Waals surface area contributed by atoms with Crippen molar-refractivity contribution in [2.24, 2.45) is 0 Å². The standard InChI is InChI=1S/C24H32N2O2S/c1-18-10-9-13-21(14-18)16-29-17-22(27)26(15-20-11-7-6-8-12-20)19(2)23(28)25-24(3,4)5/h6-14,19H,15-17H2,1-5H3,(H,25,28). The van der Waals surface area contributed by atoms with Gasteiger partial charge in [-0.1, -0.05) is 60.2 Å². The highest BCUT2D eigenvalue weighted by Gasteiger charge is 2.28. The molecule has 156 valence electrons. The van der Waals surface area contributed by atoms with Gasteiger partial charge >= 0.3 is 0 Å². The Labute approximate surface area is 179 Å². The molecule has 1 atom stereocenters. The first-order valence-electron chi connectivity index (χ1n) is 9.94. The summed E-state index contributed by atoms with van der Waals surface area (Å²) in [5, 5.41) is 2.99. The quantitative estimate of drug-likeness (QED) is 0.691. The molecule has 2 rings (SSSR count). The van der Waals surface area contributed by atoms with Crippen molar-refractivity contribution < 1.29 is 9.59 Å². The van der Waals surface area contributed by atoms with E-state index in [4.69, 9.17) is 0 Å². The van der Waals surface area contributed by atoms with E-state index in [2.05, 4.69) is 30.4 Å². The molecule has 1 unspecified atom stereocenters. The number of nitrogens with zero attached hydrogens (tertiary/aromatic N) is 1. The summed E-state index contributed by atoms with van der Waals surface area (Å²) in [6.45, 7) is 10.1. The highest BCUT2D eigenvalue weighted by Crippen LogP contribution is 2.17. The Balaban J connectivity index is 2.06. The van der Waals surface area contributed by atoms with Gasteiger partial charge in [-0.05, 0) is 45.7 Å². The molecule has 5 heteroatoms. The van der Waals surface area contributed by atoms with E-state index in [-0.39, 0.29) is 17.4 Å². The maximum Gasteiger partial charge on any atom is 0.242 e. The summed E-state index contributed by atoms with van der Waals surface area (Å²) < 4.78 is 0. The summed E-state index contributed by atoms with van der Waals surface area (Å²) in [4.78, 5) is 27.4. The first kappa shape index (κ1) is 23.0. The first-order valence-corrected chi connectivity index (χ1v) is 11.1. The van der Waals surface area contributed by atoms with Gasteiger partial charge in [-0.15, -0.1) is 11.8 Å². The van der Waals surface area contributed by atoms with E-state index in [1.807, 2.05) is 57.2 Å². The van der Waals surface area contributed by atoms with Crippen LogP contribution in [0.4, 0.5) is 0 Å². The smallest absolute Gasteiger partial charge is 0.242 e. The van der Waals surface area contributed by atoms with Crippen LogP contribution in [-0.2, 0) is 21.9 Å². The molecule has 0 aliphatic heterocycles. The first-order chi connectivity index (χ1) is 13.7.